The lowest BCUT2D eigenvalue weighted by molar-refractivity contribution is -0.134. The number of piperazine rings is 1. The van der Waals surface area contributed by atoms with E-state index in [-0.39, 0.29) is 17.9 Å². The van der Waals surface area contributed by atoms with Gasteiger partial charge in [0.15, 0.2) is 0 Å². The van der Waals surface area contributed by atoms with Gasteiger partial charge in [-0.1, -0.05) is 26.0 Å². The quantitative estimate of drug-likeness (QED) is 0.282. The Balaban J connectivity index is 1.67. The Bertz CT molecular complexity index is 816. The minimum atomic E-state index is -0.202. The van der Waals surface area contributed by atoms with Crippen LogP contribution in [0.1, 0.15) is 32.3 Å². The van der Waals surface area contributed by atoms with Gasteiger partial charge in [0.1, 0.15) is 5.84 Å². The van der Waals surface area contributed by atoms with Gasteiger partial charge in [-0.15, -0.1) is 0 Å². The van der Waals surface area contributed by atoms with Crippen LogP contribution in [0.5, 0.6) is 0 Å². The molecule has 31 heavy (non-hydrogen) atoms. The van der Waals surface area contributed by atoms with Crippen molar-refractivity contribution < 1.29 is 9.53 Å². The molecule has 8 heteroatoms. The molecule has 0 aromatic heterocycles. The van der Waals surface area contributed by atoms with Crippen LogP contribution in [0.2, 0.25) is 0 Å². The summed E-state index contributed by atoms with van der Waals surface area (Å²) in [6, 6.07) is 8.56. The molecule has 1 fully saturated rings. The molecule has 1 aromatic rings. The highest BCUT2D eigenvalue weighted by atomic mass is 127. The number of nitrogens with zero attached hydrogens (tertiary/aromatic N) is 2. The molecule has 0 spiro atoms. The van der Waals surface area contributed by atoms with E-state index in [1.165, 1.54) is 0 Å². The van der Waals surface area contributed by atoms with Crippen LogP contribution in [-0.2, 0) is 9.53 Å². The molecule has 3 N–H and O–H groups in total. The molecule has 0 bridgehead atoms. The van der Waals surface area contributed by atoms with E-state index in [9.17, 15) is 4.79 Å². The Morgan fingerprint density at radius 3 is 2.39 bits per heavy atom. The molecular formula is C23H34IN5O2. The molecule has 2 aliphatic rings. The van der Waals surface area contributed by atoms with Gasteiger partial charge in [0.25, 0.3) is 0 Å². The summed E-state index contributed by atoms with van der Waals surface area (Å²) in [5, 5.41) is 15.3. The van der Waals surface area contributed by atoms with Crippen LogP contribution in [-0.4, -0.2) is 80.1 Å². The van der Waals surface area contributed by atoms with Crippen molar-refractivity contribution in [2.24, 2.45) is 0 Å². The van der Waals surface area contributed by atoms with Crippen LogP contribution in [0.15, 0.2) is 35.5 Å². The third-order valence-electron chi connectivity index (χ3n) is 5.97. The molecule has 0 radical (unpaired) electrons. The van der Waals surface area contributed by atoms with E-state index in [2.05, 4.69) is 76.2 Å². The molecule has 3 rings (SSSR count). The molecule has 1 amide bonds. The van der Waals surface area contributed by atoms with Crippen LogP contribution in [0.4, 0.5) is 0 Å². The van der Waals surface area contributed by atoms with Gasteiger partial charge in [0.05, 0.1) is 18.6 Å². The first-order chi connectivity index (χ1) is 14.8. The molecule has 2 atom stereocenters. The van der Waals surface area contributed by atoms with E-state index in [1.54, 1.807) is 0 Å². The lowest BCUT2D eigenvalue weighted by Crippen LogP contribution is -2.53. The van der Waals surface area contributed by atoms with Gasteiger partial charge in [-0.3, -0.25) is 10.2 Å². The Kier molecular flexibility index (Phi) is 8.35. The van der Waals surface area contributed by atoms with Gasteiger partial charge in [-0.2, -0.15) is 0 Å². The van der Waals surface area contributed by atoms with Crippen molar-refractivity contribution in [2.45, 2.75) is 38.8 Å². The van der Waals surface area contributed by atoms with Crippen molar-refractivity contribution in [3.8, 4) is 0 Å². The van der Waals surface area contributed by atoms with E-state index in [1.807, 2.05) is 18.9 Å². The minimum Gasteiger partial charge on any atom is -0.389 e. The summed E-state index contributed by atoms with van der Waals surface area (Å²) in [5.41, 5.74) is 2.96. The fourth-order valence-electron chi connectivity index (χ4n) is 4.09. The number of hydrogen-bond donors (Lipinski definition) is 3. The topological polar surface area (TPSA) is 80.7 Å². The van der Waals surface area contributed by atoms with Gasteiger partial charge in [-0.05, 0) is 47.2 Å². The Hall–Kier alpha value is -1.65. The van der Waals surface area contributed by atoms with Gasteiger partial charge < -0.3 is 25.2 Å². The van der Waals surface area contributed by atoms with Gasteiger partial charge in [0, 0.05) is 60.7 Å². The third-order valence-corrected chi connectivity index (χ3v) is 6.69. The fraction of sp³-hybridized carbons (Fsp3) is 0.565. The van der Waals surface area contributed by atoms with Crippen molar-refractivity contribution in [3.05, 3.63) is 44.7 Å². The number of hydrogen-bond acceptors (Lipinski definition) is 5. The Morgan fingerprint density at radius 1 is 1.19 bits per heavy atom. The summed E-state index contributed by atoms with van der Waals surface area (Å²) in [4.78, 5) is 17.5. The summed E-state index contributed by atoms with van der Waals surface area (Å²) in [7, 11) is 1.87. The number of nitrogens with one attached hydrogen (secondary N) is 3. The van der Waals surface area contributed by atoms with Crippen LogP contribution in [0.25, 0.3) is 0 Å². The second-order valence-corrected chi connectivity index (χ2v) is 9.67. The molecule has 7 nitrogen and oxygen atoms in total. The number of halogens is 1. The fourth-order valence-corrected chi connectivity index (χ4v) is 4.45. The van der Waals surface area contributed by atoms with E-state index in [0.29, 0.717) is 51.2 Å². The number of amidine groups is 1. The predicted molar refractivity (Wildman–Crippen MR) is 132 cm³/mol. The number of likely N-dealkylation sites (N-methyl/N-ethyl adjacent to an activating group) is 1. The molecule has 0 saturated carbocycles. The largest absolute Gasteiger partial charge is 0.389 e. The summed E-state index contributed by atoms with van der Waals surface area (Å²) >= 11 is 2.29. The lowest BCUT2D eigenvalue weighted by Gasteiger charge is -2.38. The predicted octanol–water partition coefficient (Wildman–Crippen LogP) is 2.39. The van der Waals surface area contributed by atoms with Crippen LogP contribution in [0.3, 0.4) is 0 Å². The van der Waals surface area contributed by atoms with Crippen molar-refractivity contribution in [3.63, 3.8) is 0 Å². The molecular weight excluding hydrogens is 505 g/mol. The highest BCUT2D eigenvalue weighted by Crippen LogP contribution is 2.24. The highest BCUT2D eigenvalue weighted by Gasteiger charge is 2.33. The zero-order valence-corrected chi connectivity index (χ0v) is 21.0. The molecule has 2 heterocycles. The summed E-state index contributed by atoms with van der Waals surface area (Å²) < 4.78 is 6.86. The molecule has 1 aromatic carbocycles. The van der Waals surface area contributed by atoms with Crippen molar-refractivity contribution >= 4 is 34.3 Å². The zero-order valence-electron chi connectivity index (χ0n) is 18.9. The molecule has 170 valence electrons. The highest BCUT2D eigenvalue weighted by molar-refractivity contribution is 14.1. The SMILES string of the molecule is CNC1=C(C(=N)N2CCN(C(=O)C(CNC(C)C)c3ccc(I)cc3)CC2)C(C)OC1. The Morgan fingerprint density at radius 2 is 1.81 bits per heavy atom. The van der Waals surface area contributed by atoms with Crippen LogP contribution >= 0.6 is 22.6 Å². The molecule has 2 aliphatic heterocycles. The third kappa shape index (κ3) is 5.78. The first-order valence-corrected chi connectivity index (χ1v) is 12.0. The standard InChI is InChI=1S/C23H34IN5O2/c1-15(2)27-13-19(17-5-7-18(24)8-6-17)23(30)29-11-9-28(10-12-29)22(25)21-16(3)31-14-20(21)26-4/h5-8,15-16,19,25-27H,9-14H2,1-4H3. The average Bonchev–Trinajstić information content (AvgIpc) is 3.14. The second kappa shape index (κ2) is 10.8. The first-order valence-electron chi connectivity index (χ1n) is 11.0. The maximum atomic E-state index is 13.5. The van der Waals surface area contributed by atoms with Gasteiger partial charge in [-0.25, -0.2) is 0 Å². The number of ether oxygens (including phenoxy) is 1. The second-order valence-electron chi connectivity index (χ2n) is 8.42. The molecule has 1 saturated heterocycles. The number of carbonyl (C=O) groups excluding carboxylic acids is 1. The number of rotatable bonds is 7. The summed E-state index contributed by atoms with van der Waals surface area (Å²) in [6.07, 6.45) is -0.0815. The van der Waals surface area contributed by atoms with Crippen LogP contribution in [0, 0.1) is 8.98 Å². The zero-order chi connectivity index (χ0) is 22.5. The summed E-state index contributed by atoms with van der Waals surface area (Å²) in [6.45, 7) is 9.91. The molecule has 2 unspecified atom stereocenters. The number of carbonyl (C=O) groups is 1. The number of amides is 1. The van der Waals surface area contributed by atoms with Gasteiger partial charge >= 0.3 is 0 Å². The maximum absolute atomic E-state index is 13.5. The van der Waals surface area contributed by atoms with Crippen molar-refractivity contribution in [1.82, 2.24) is 20.4 Å². The number of benzene rings is 1. The minimum absolute atomic E-state index is 0.0815. The molecule has 0 aliphatic carbocycles. The van der Waals surface area contributed by atoms with Crippen molar-refractivity contribution in [2.75, 3.05) is 46.4 Å². The first kappa shape index (κ1) is 24.0. The average molecular weight is 539 g/mol. The normalized spacial score (nSPS) is 20.4. The van der Waals surface area contributed by atoms with E-state index in [4.69, 9.17) is 10.1 Å². The van der Waals surface area contributed by atoms with E-state index >= 15 is 0 Å². The van der Waals surface area contributed by atoms with Gasteiger partial charge in [0.2, 0.25) is 5.91 Å². The van der Waals surface area contributed by atoms with E-state index in [0.717, 1.165) is 20.4 Å². The van der Waals surface area contributed by atoms with Crippen molar-refractivity contribution in [1.29, 1.82) is 5.41 Å². The lowest BCUT2D eigenvalue weighted by atomic mass is 9.96. The van der Waals surface area contributed by atoms with Crippen LogP contribution < -0.4 is 10.6 Å². The Labute approximate surface area is 199 Å². The monoisotopic (exact) mass is 539 g/mol. The van der Waals surface area contributed by atoms with E-state index < -0.39 is 0 Å². The summed E-state index contributed by atoms with van der Waals surface area (Å²) in [5.74, 6) is 0.470. The maximum Gasteiger partial charge on any atom is 0.231 e. The smallest absolute Gasteiger partial charge is 0.231 e.